The molecule has 5 rings (SSSR count). The number of amides is 1. The van der Waals surface area contributed by atoms with Crippen molar-refractivity contribution in [2.24, 2.45) is 11.7 Å². The Labute approximate surface area is 200 Å². The molecule has 4 aromatic rings. The van der Waals surface area contributed by atoms with Gasteiger partial charge >= 0.3 is 0 Å². The van der Waals surface area contributed by atoms with Crippen molar-refractivity contribution in [1.29, 1.82) is 0 Å². The van der Waals surface area contributed by atoms with E-state index in [1.807, 2.05) is 18.2 Å². The summed E-state index contributed by atoms with van der Waals surface area (Å²) in [5, 5.41) is 5.14. The lowest BCUT2D eigenvalue weighted by Gasteiger charge is -2.30. The third kappa shape index (κ3) is 4.25. The molecule has 2 heterocycles. The van der Waals surface area contributed by atoms with Crippen LogP contribution in [0.3, 0.4) is 0 Å². The van der Waals surface area contributed by atoms with E-state index in [0.717, 1.165) is 5.57 Å². The van der Waals surface area contributed by atoms with Gasteiger partial charge in [0, 0.05) is 18.2 Å². The second-order valence-electron chi connectivity index (χ2n) is 8.32. The predicted octanol–water partition coefficient (Wildman–Crippen LogP) is 3.80. The first-order valence-electron chi connectivity index (χ1n) is 11.0. The van der Waals surface area contributed by atoms with Crippen molar-refractivity contribution in [2.75, 3.05) is 12.8 Å². The number of anilines is 1. The average molecular weight is 474 g/mol. The van der Waals surface area contributed by atoms with E-state index in [1.165, 1.54) is 19.5 Å². The molecule has 0 aliphatic heterocycles. The number of nitrogen functional groups attached to an aromatic ring is 1. The number of rotatable bonds is 7. The van der Waals surface area contributed by atoms with Crippen LogP contribution in [0.15, 0.2) is 66.2 Å². The maximum atomic E-state index is 15.2. The van der Waals surface area contributed by atoms with Gasteiger partial charge in [-0.15, -0.1) is 0 Å². The standard InChI is InChI=1S/C25H23FN6O3/c1-34-22(24(28)33)15-9-14(10-15)12-32-25-20(23(27)29-13-30-25)21(31-32)18-8-7-17(11-19(18)26)35-16-5-3-2-4-6-16/h2-8,11,13-14H,9-10,12H2,1H3,(H2,28,33)(H2,27,29,30). The number of carbonyl (C=O) groups is 1. The molecule has 1 aliphatic rings. The van der Waals surface area contributed by atoms with E-state index in [1.54, 1.807) is 28.9 Å². The molecule has 1 fully saturated rings. The lowest BCUT2D eigenvalue weighted by atomic mass is 9.79. The molecule has 1 aliphatic carbocycles. The smallest absolute Gasteiger partial charge is 0.283 e. The Hall–Kier alpha value is -4.47. The number of nitrogens with zero attached hydrogens (tertiary/aromatic N) is 4. The number of allylic oxidation sites excluding steroid dienone is 1. The molecular weight excluding hydrogens is 451 g/mol. The molecule has 35 heavy (non-hydrogen) atoms. The molecule has 9 nitrogen and oxygen atoms in total. The van der Waals surface area contributed by atoms with E-state index in [4.69, 9.17) is 20.9 Å². The van der Waals surface area contributed by atoms with Crippen LogP contribution in [-0.2, 0) is 16.1 Å². The number of benzene rings is 2. The van der Waals surface area contributed by atoms with Crippen LogP contribution in [0, 0.1) is 11.7 Å². The number of aromatic nitrogens is 4. The van der Waals surface area contributed by atoms with Gasteiger partial charge in [-0.2, -0.15) is 5.10 Å². The van der Waals surface area contributed by atoms with E-state index >= 15 is 4.39 Å². The summed E-state index contributed by atoms with van der Waals surface area (Å²) in [6, 6.07) is 13.7. The van der Waals surface area contributed by atoms with Crippen LogP contribution in [-0.4, -0.2) is 32.8 Å². The third-order valence-electron chi connectivity index (χ3n) is 5.98. The monoisotopic (exact) mass is 474 g/mol. The highest BCUT2D eigenvalue weighted by Crippen LogP contribution is 2.39. The quantitative estimate of drug-likeness (QED) is 0.308. The molecular formula is C25H23FN6O3. The number of fused-ring (bicyclic) bond motifs is 1. The van der Waals surface area contributed by atoms with Gasteiger partial charge in [-0.3, -0.25) is 4.79 Å². The fourth-order valence-electron chi connectivity index (χ4n) is 4.34. The largest absolute Gasteiger partial charge is 0.491 e. The van der Waals surface area contributed by atoms with E-state index in [9.17, 15) is 4.79 Å². The summed E-state index contributed by atoms with van der Waals surface area (Å²) in [6.07, 6.45) is 2.64. The summed E-state index contributed by atoms with van der Waals surface area (Å²) in [6.45, 7) is 0.503. The van der Waals surface area contributed by atoms with Crippen LogP contribution in [0.25, 0.3) is 22.3 Å². The highest BCUT2D eigenvalue weighted by atomic mass is 19.1. The average Bonchev–Trinajstić information content (AvgIpc) is 3.18. The van der Waals surface area contributed by atoms with Crippen molar-refractivity contribution >= 4 is 22.8 Å². The molecule has 0 spiro atoms. The molecule has 1 saturated carbocycles. The lowest BCUT2D eigenvalue weighted by molar-refractivity contribution is -0.117. The molecule has 0 bridgehead atoms. The van der Waals surface area contributed by atoms with Gasteiger partial charge in [0.25, 0.3) is 5.91 Å². The van der Waals surface area contributed by atoms with Crippen molar-refractivity contribution in [2.45, 2.75) is 19.4 Å². The Bertz CT molecular complexity index is 1440. The van der Waals surface area contributed by atoms with Crippen LogP contribution in [0.5, 0.6) is 11.5 Å². The summed E-state index contributed by atoms with van der Waals surface area (Å²) in [5.41, 5.74) is 13.5. The van der Waals surface area contributed by atoms with Crippen LogP contribution in [0.1, 0.15) is 12.8 Å². The van der Waals surface area contributed by atoms with Gasteiger partial charge in [0.2, 0.25) is 0 Å². The van der Waals surface area contributed by atoms with Crippen molar-refractivity contribution < 1.29 is 18.7 Å². The molecule has 10 heteroatoms. The number of hydrogen-bond acceptors (Lipinski definition) is 7. The number of primary amides is 1. The molecule has 0 saturated heterocycles. The molecule has 2 aromatic carbocycles. The maximum absolute atomic E-state index is 15.2. The fraction of sp³-hybridized carbons (Fsp3) is 0.200. The topological polar surface area (TPSA) is 131 Å². The Balaban J connectivity index is 1.45. The first kappa shape index (κ1) is 22.3. The second kappa shape index (κ2) is 9.05. The Morgan fingerprint density at radius 2 is 1.91 bits per heavy atom. The van der Waals surface area contributed by atoms with Crippen LogP contribution < -0.4 is 16.2 Å². The Morgan fingerprint density at radius 3 is 2.60 bits per heavy atom. The minimum absolute atomic E-state index is 0.188. The fourth-order valence-corrected chi connectivity index (χ4v) is 4.34. The first-order valence-corrected chi connectivity index (χ1v) is 11.0. The number of para-hydroxylation sites is 1. The van der Waals surface area contributed by atoms with E-state index in [-0.39, 0.29) is 23.1 Å². The summed E-state index contributed by atoms with van der Waals surface area (Å²) < 4.78 is 27.8. The van der Waals surface area contributed by atoms with Gasteiger partial charge < -0.3 is 20.9 Å². The second-order valence-corrected chi connectivity index (χ2v) is 8.32. The first-order chi connectivity index (χ1) is 16.9. The predicted molar refractivity (Wildman–Crippen MR) is 128 cm³/mol. The normalized spacial score (nSPS) is 15.0. The summed E-state index contributed by atoms with van der Waals surface area (Å²) in [4.78, 5) is 19.9. The number of ether oxygens (including phenoxy) is 2. The highest BCUT2D eigenvalue weighted by molar-refractivity contribution is 5.98. The van der Waals surface area contributed by atoms with E-state index in [0.29, 0.717) is 47.6 Å². The highest BCUT2D eigenvalue weighted by Gasteiger charge is 2.30. The number of methoxy groups -OCH3 is 1. The molecule has 4 N–H and O–H groups in total. The third-order valence-corrected chi connectivity index (χ3v) is 5.98. The summed E-state index contributed by atoms with van der Waals surface area (Å²) in [7, 11) is 1.43. The molecule has 178 valence electrons. The van der Waals surface area contributed by atoms with Crippen LogP contribution >= 0.6 is 0 Å². The van der Waals surface area contributed by atoms with Crippen molar-refractivity contribution in [3.05, 3.63) is 72.0 Å². The van der Waals surface area contributed by atoms with Crippen LogP contribution in [0.2, 0.25) is 0 Å². The van der Waals surface area contributed by atoms with Crippen molar-refractivity contribution in [3.8, 4) is 22.8 Å². The molecule has 0 unspecified atom stereocenters. The number of halogens is 1. The lowest BCUT2D eigenvalue weighted by Crippen LogP contribution is -2.27. The zero-order valence-corrected chi connectivity index (χ0v) is 18.9. The summed E-state index contributed by atoms with van der Waals surface area (Å²) >= 11 is 0. The summed E-state index contributed by atoms with van der Waals surface area (Å²) in [5.74, 6) is 0.491. The minimum Gasteiger partial charge on any atom is -0.491 e. The number of hydrogen-bond donors (Lipinski definition) is 2. The Kier molecular flexibility index (Phi) is 5.77. The zero-order chi connectivity index (χ0) is 24.5. The van der Waals surface area contributed by atoms with E-state index in [2.05, 4.69) is 15.1 Å². The molecule has 1 amide bonds. The van der Waals surface area contributed by atoms with Gasteiger partial charge in [-0.25, -0.2) is 19.0 Å². The van der Waals surface area contributed by atoms with Crippen molar-refractivity contribution in [1.82, 2.24) is 19.7 Å². The van der Waals surface area contributed by atoms with Crippen LogP contribution in [0.4, 0.5) is 10.2 Å². The maximum Gasteiger partial charge on any atom is 0.283 e. The van der Waals surface area contributed by atoms with Gasteiger partial charge in [-0.05, 0) is 48.6 Å². The zero-order valence-electron chi connectivity index (χ0n) is 18.9. The van der Waals surface area contributed by atoms with Gasteiger partial charge in [-0.1, -0.05) is 18.2 Å². The van der Waals surface area contributed by atoms with Gasteiger partial charge in [0.05, 0.1) is 12.5 Å². The van der Waals surface area contributed by atoms with Gasteiger partial charge in [0.15, 0.2) is 11.4 Å². The number of carbonyl (C=O) groups excluding carboxylic acids is 1. The van der Waals surface area contributed by atoms with Gasteiger partial charge in [0.1, 0.15) is 35.2 Å². The number of nitrogens with two attached hydrogens (primary N) is 2. The SMILES string of the molecule is COC(C(N)=O)=C1CC(Cn2nc(-c3ccc(Oc4ccccc4)cc3F)c3c(N)ncnc32)C1. The molecule has 0 radical (unpaired) electrons. The van der Waals surface area contributed by atoms with Crippen molar-refractivity contribution in [3.63, 3.8) is 0 Å². The van der Waals surface area contributed by atoms with E-state index < -0.39 is 11.7 Å². The minimum atomic E-state index is -0.580. The molecule has 0 atom stereocenters. The molecule has 2 aromatic heterocycles. The Morgan fingerprint density at radius 1 is 1.14 bits per heavy atom.